The summed E-state index contributed by atoms with van der Waals surface area (Å²) in [6.45, 7) is 11.0. The van der Waals surface area contributed by atoms with E-state index in [2.05, 4.69) is 39.0 Å². The van der Waals surface area contributed by atoms with Crippen molar-refractivity contribution in [3.63, 3.8) is 0 Å². The van der Waals surface area contributed by atoms with E-state index in [1.165, 1.54) is 33.0 Å². The summed E-state index contributed by atoms with van der Waals surface area (Å²) in [4.78, 5) is 44.3. The number of nitrogens with one attached hydrogen (secondary N) is 1. The average molecular weight is 603 g/mol. The fourth-order valence-corrected chi connectivity index (χ4v) is 9.05. The summed E-state index contributed by atoms with van der Waals surface area (Å²) in [5, 5.41) is 2.94. The van der Waals surface area contributed by atoms with Gasteiger partial charge in [0.2, 0.25) is 21.9 Å². The molecule has 2 fully saturated rings. The van der Waals surface area contributed by atoms with Gasteiger partial charge in [0, 0.05) is 63.1 Å². The van der Waals surface area contributed by atoms with Gasteiger partial charge in [0.25, 0.3) is 5.56 Å². The zero-order valence-corrected chi connectivity index (χ0v) is 25.5. The molecule has 2 aliphatic heterocycles. The first kappa shape index (κ1) is 29.5. The molecule has 2 aliphatic rings. The number of sulfonamides is 1. The Morgan fingerprint density at radius 2 is 1.76 bits per heavy atom. The van der Waals surface area contributed by atoms with Crippen molar-refractivity contribution in [1.82, 2.24) is 34.0 Å². The maximum absolute atomic E-state index is 13.8. The lowest BCUT2D eigenvalue weighted by atomic mass is 9.92. The highest BCUT2D eigenvalue weighted by Crippen LogP contribution is 2.33. The second-order valence-corrected chi connectivity index (χ2v) is 14.3. The largest absolute Gasteiger partial charge is 0.354 e. The third-order valence-corrected chi connectivity index (χ3v) is 10.9. The highest BCUT2D eigenvalue weighted by molar-refractivity contribution is 7.89. The summed E-state index contributed by atoms with van der Waals surface area (Å²) in [6, 6.07) is 1.73. The van der Waals surface area contributed by atoms with Crippen molar-refractivity contribution in [1.29, 1.82) is 0 Å². The van der Waals surface area contributed by atoms with Crippen LogP contribution in [0, 0.1) is 18.8 Å². The first-order valence-electron chi connectivity index (χ1n) is 14.1. The lowest BCUT2D eigenvalue weighted by molar-refractivity contribution is -0.121. The zero-order chi connectivity index (χ0) is 29.1. The molecule has 0 unspecified atom stereocenters. The molecular weight excluding hydrogens is 564 g/mol. The molecule has 0 bridgehead atoms. The Hall–Kier alpha value is -2.94. The number of amides is 1. The average Bonchev–Trinajstić information content (AvgIpc) is 3.30. The first-order chi connectivity index (χ1) is 19.6. The Balaban J connectivity index is 1.24. The van der Waals surface area contributed by atoms with Gasteiger partial charge in [-0.25, -0.2) is 23.4 Å². The third-order valence-electron chi connectivity index (χ3n) is 7.70. The number of anilines is 1. The van der Waals surface area contributed by atoms with Gasteiger partial charge in [-0.05, 0) is 44.2 Å². The molecular formula is C27H38N8O4S2. The lowest BCUT2D eigenvalue weighted by Crippen LogP contribution is -2.49. The molecule has 0 saturated carbocycles. The van der Waals surface area contributed by atoms with Crippen LogP contribution in [0.4, 0.5) is 5.95 Å². The van der Waals surface area contributed by atoms with Crippen LogP contribution in [-0.2, 0) is 21.4 Å². The Bertz CT molecular complexity index is 1520. The van der Waals surface area contributed by atoms with Crippen molar-refractivity contribution >= 4 is 43.4 Å². The van der Waals surface area contributed by atoms with Crippen LogP contribution in [0.25, 0.3) is 10.2 Å². The molecule has 12 nitrogen and oxygen atoms in total. The van der Waals surface area contributed by atoms with Crippen LogP contribution in [0.2, 0.25) is 0 Å². The minimum Gasteiger partial charge on any atom is -0.354 e. The molecule has 5 rings (SSSR count). The van der Waals surface area contributed by atoms with Gasteiger partial charge in [0.1, 0.15) is 16.3 Å². The standard InChI is InChI=1S/C27H38N8O4S2/c1-19-14-20(2)16-32(15-19)9-5-8-28-22(36)17-34-18-31-25-23(26(34)37)24(21(3)40-25)41(38,39)35-12-10-33(11-13-35)27-29-6-4-7-30-27/h4,6-7,18-20H,5,8-17H2,1-3H3,(H,28,36)/t19-,20-/m0/s1. The first-order valence-corrected chi connectivity index (χ1v) is 16.4. The van der Waals surface area contributed by atoms with Crippen LogP contribution in [0.1, 0.15) is 31.6 Å². The van der Waals surface area contributed by atoms with Gasteiger partial charge in [0.05, 0.1) is 11.7 Å². The molecule has 0 aliphatic carbocycles. The molecule has 41 heavy (non-hydrogen) atoms. The van der Waals surface area contributed by atoms with E-state index in [0.29, 0.717) is 47.1 Å². The molecule has 2 saturated heterocycles. The highest BCUT2D eigenvalue weighted by atomic mass is 32.2. The number of carbonyl (C=O) groups is 1. The van der Waals surface area contributed by atoms with Crippen molar-refractivity contribution < 1.29 is 13.2 Å². The normalized spacial score (nSPS) is 20.9. The number of likely N-dealkylation sites (tertiary alicyclic amines) is 1. The number of thiophene rings is 1. The predicted molar refractivity (Wildman–Crippen MR) is 159 cm³/mol. The van der Waals surface area contributed by atoms with Gasteiger partial charge in [-0.3, -0.25) is 14.2 Å². The van der Waals surface area contributed by atoms with Gasteiger partial charge >= 0.3 is 0 Å². The number of hydrogen-bond acceptors (Lipinski definition) is 10. The van der Waals surface area contributed by atoms with E-state index in [-0.39, 0.29) is 35.8 Å². The number of piperazine rings is 1. The molecule has 1 N–H and O–H groups in total. The molecule has 0 spiro atoms. The smallest absolute Gasteiger partial charge is 0.263 e. The second-order valence-electron chi connectivity index (χ2n) is 11.2. The van der Waals surface area contributed by atoms with E-state index in [1.54, 1.807) is 25.4 Å². The molecule has 5 heterocycles. The topological polar surface area (TPSA) is 134 Å². The summed E-state index contributed by atoms with van der Waals surface area (Å²) in [7, 11) is -3.97. The van der Waals surface area contributed by atoms with E-state index in [0.717, 1.165) is 26.1 Å². The monoisotopic (exact) mass is 602 g/mol. The molecule has 3 aromatic heterocycles. The van der Waals surface area contributed by atoms with Crippen molar-refractivity contribution in [2.24, 2.45) is 11.8 Å². The fourth-order valence-electron chi connectivity index (χ4n) is 5.96. The highest BCUT2D eigenvalue weighted by Gasteiger charge is 2.34. The number of piperidine rings is 1. The molecule has 0 radical (unpaired) electrons. The number of aryl methyl sites for hydroxylation is 1. The number of aromatic nitrogens is 4. The van der Waals surface area contributed by atoms with Gasteiger partial charge in [-0.15, -0.1) is 11.3 Å². The fraction of sp³-hybridized carbons (Fsp3) is 0.593. The molecule has 222 valence electrons. The predicted octanol–water partition coefficient (Wildman–Crippen LogP) is 1.55. The van der Waals surface area contributed by atoms with Gasteiger partial charge in [0.15, 0.2) is 0 Å². The van der Waals surface area contributed by atoms with Crippen molar-refractivity contribution in [3.8, 4) is 0 Å². The zero-order valence-electron chi connectivity index (χ0n) is 23.8. The van der Waals surface area contributed by atoms with E-state index in [9.17, 15) is 18.0 Å². The summed E-state index contributed by atoms with van der Waals surface area (Å²) in [5.74, 6) is 1.63. The van der Waals surface area contributed by atoms with Gasteiger partial charge in [-0.1, -0.05) is 13.8 Å². The van der Waals surface area contributed by atoms with E-state index in [4.69, 9.17) is 0 Å². The molecule has 14 heteroatoms. The second kappa shape index (κ2) is 12.5. The summed E-state index contributed by atoms with van der Waals surface area (Å²) in [6.07, 6.45) is 6.72. The van der Waals surface area contributed by atoms with E-state index in [1.807, 2.05) is 4.90 Å². The maximum atomic E-state index is 13.8. The molecule has 0 aromatic carbocycles. The lowest BCUT2D eigenvalue weighted by Gasteiger charge is -2.34. The SMILES string of the molecule is Cc1sc2ncn(CC(=O)NCCCN3C[C@@H](C)C[C@H](C)C3)c(=O)c2c1S(=O)(=O)N1CCN(c2ncccn2)CC1. The number of nitrogens with zero attached hydrogens (tertiary/aromatic N) is 7. The summed E-state index contributed by atoms with van der Waals surface area (Å²) < 4.78 is 30.2. The van der Waals surface area contributed by atoms with Crippen molar-refractivity contribution in [2.75, 3.05) is 57.3 Å². The van der Waals surface area contributed by atoms with Crippen LogP contribution in [0.15, 0.2) is 34.5 Å². The van der Waals surface area contributed by atoms with Crippen LogP contribution in [-0.4, -0.2) is 95.4 Å². The van der Waals surface area contributed by atoms with Gasteiger partial charge < -0.3 is 15.1 Å². The van der Waals surface area contributed by atoms with Crippen LogP contribution in [0.3, 0.4) is 0 Å². The summed E-state index contributed by atoms with van der Waals surface area (Å²) >= 11 is 1.17. The van der Waals surface area contributed by atoms with Gasteiger partial charge in [-0.2, -0.15) is 4.31 Å². The number of carbonyl (C=O) groups excluding carboxylic acids is 1. The Morgan fingerprint density at radius 3 is 2.44 bits per heavy atom. The molecule has 3 aromatic rings. The van der Waals surface area contributed by atoms with Crippen molar-refractivity contribution in [3.05, 3.63) is 40.0 Å². The van der Waals surface area contributed by atoms with E-state index < -0.39 is 15.6 Å². The Kier molecular flexibility index (Phi) is 9.02. The minimum atomic E-state index is -3.97. The maximum Gasteiger partial charge on any atom is 0.263 e. The molecule has 1 amide bonds. The quantitative estimate of drug-likeness (QED) is 0.362. The number of hydrogen-bond donors (Lipinski definition) is 1. The van der Waals surface area contributed by atoms with Crippen LogP contribution in [0.5, 0.6) is 0 Å². The Morgan fingerprint density at radius 1 is 1.07 bits per heavy atom. The third kappa shape index (κ3) is 6.60. The van der Waals surface area contributed by atoms with E-state index >= 15 is 0 Å². The Labute approximate surface area is 244 Å². The minimum absolute atomic E-state index is 0.0147. The van der Waals surface area contributed by atoms with Crippen LogP contribution >= 0.6 is 11.3 Å². The van der Waals surface area contributed by atoms with Crippen LogP contribution < -0.4 is 15.8 Å². The number of fused-ring (bicyclic) bond motifs is 1. The number of rotatable bonds is 9. The molecule has 2 atom stereocenters. The van der Waals surface area contributed by atoms with Crippen molar-refractivity contribution in [2.45, 2.75) is 45.1 Å². The summed E-state index contributed by atoms with van der Waals surface area (Å²) in [5.41, 5.74) is -0.527.